The maximum Gasteiger partial charge on any atom is 0.253 e. The summed E-state index contributed by atoms with van der Waals surface area (Å²) in [4.78, 5) is 25.6. The molecule has 2 aromatic rings. The van der Waals surface area contributed by atoms with Crippen molar-refractivity contribution in [3.8, 4) is 0 Å². The second-order valence-corrected chi connectivity index (χ2v) is 7.53. The first-order chi connectivity index (χ1) is 13.9. The van der Waals surface area contributed by atoms with Crippen LogP contribution >= 0.6 is 0 Å². The molecule has 0 unspecified atom stereocenters. The van der Waals surface area contributed by atoms with Gasteiger partial charge in [0, 0.05) is 44.0 Å². The van der Waals surface area contributed by atoms with Crippen molar-refractivity contribution < 1.29 is 9.59 Å². The van der Waals surface area contributed by atoms with Crippen LogP contribution in [-0.2, 0) is 4.79 Å². The number of para-hydroxylation sites is 1. The summed E-state index contributed by atoms with van der Waals surface area (Å²) < 4.78 is 0. The van der Waals surface area contributed by atoms with Crippen molar-refractivity contribution in [1.82, 2.24) is 10.2 Å². The molecule has 0 saturated carbocycles. The first kappa shape index (κ1) is 22.5. The van der Waals surface area contributed by atoms with Crippen molar-refractivity contribution in [2.75, 3.05) is 26.0 Å². The SMILES string of the molecule is CNC(=O)CCCCCCN(C)C(=O)c1ccc(Nc2c(C)cccc2C)cc1. The van der Waals surface area contributed by atoms with E-state index in [1.165, 1.54) is 11.1 Å². The van der Waals surface area contributed by atoms with Gasteiger partial charge in [-0.2, -0.15) is 0 Å². The first-order valence-electron chi connectivity index (χ1n) is 10.3. The predicted octanol–water partition coefficient (Wildman–Crippen LogP) is 4.82. The van der Waals surface area contributed by atoms with Crippen LogP contribution in [0.25, 0.3) is 0 Å². The number of benzene rings is 2. The molecule has 5 nitrogen and oxygen atoms in total. The molecule has 2 N–H and O–H groups in total. The summed E-state index contributed by atoms with van der Waals surface area (Å²) in [5.41, 5.74) is 5.16. The molecule has 0 radical (unpaired) electrons. The van der Waals surface area contributed by atoms with Gasteiger partial charge in [-0.3, -0.25) is 9.59 Å². The standard InChI is InChI=1S/C24H33N3O2/c1-18-10-9-11-19(2)23(18)26-21-15-13-20(14-16-21)24(29)27(4)17-8-6-5-7-12-22(28)25-3/h9-11,13-16,26H,5-8,12,17H2,1-4H3,(H,25,28). The minimum absolute atomic E-state index is 0.0361. The molecule has 0 atom stereocenters. The van der Waals surface area contributed by atoms with Gasteiger partial charge in [0.25, 0.3) is 5.91 Å². The zero-order valence-electron chi connectivity index (χ0n) is 18.0. The van der Waals surface area contributed by atoms with Crippen molar-refractivity contribution in [1.29, 1.82) is 0 Å². The largest absolute Gasteiger partial charge is 0.359 e. The number of aryl methyl sites for hydroxylation is 2. The number of amides is 2. The Balaban J connectivity index is 1.81. The van der Waals surface area contributed by atoms with E-state index in [-0.39, 0.29) is 11.8 Å². The third-order valence-corrected chi connectivity index (χ3v) is 5.16. The van der Waals surface area contributed by atoms with Gasteiger partial charge in [0.15, 0.2) is 0 Å². The van der Waals surface area contributed by atoms with Crippen LogP contribution in [0, 0.1) is 13.8 Å². The number of nitrogens with one attached hydrogen (secondary N) is 2. The van der Waals surface area contributed by atoms with E-state index >= 15 is 0 Å². The lowest BCUT2D eigenvalue weighted by Crippen LogP contribution is -2.27. The number of hydrogen-bond acceptors (Lipinski definition) is 3. The molecular weight excluding hydrogens is 362 g/mol. The van der Waals surface area contributed by atoms with Crippen molar-refractivity contribution in [2.24, 2.45) is 0 Å². The Bertz CT molecular complexity index is 795. The van der Waals surface area contributed by atoms with Gasteiger partial charge in [-0.1, -0.05) is 31.0 Å². The zero-order valence-corrected chi connectivity index (χ0v) is 18.0. The van der Waals surface area contributed by atoms with E-state index in [1.807, 2.05) is 31.3 Å². The number of nitrogens with zero attached hydrogens (tertiary/aromatic N) is 1. The van der Waals surface area contributed by atoms with Gasteiger partial charge in [0.2, 0.25) is 5.91 Å². The molecule has 0 spiro atoms. The molecular formula is C24H33N3O2. The van der Waals surface area contributed by atoms with Gasteiger partial charge >= 0.3 is 0 Å². The van der Waals surface area contributed by atoms with E-state index in [0.717, 1.165) is 43.6 Å². The second kappa shape index (κ2) is 11.2. The van der Waals surface area contributed by atoms with E-state index in [9.17, 15) is 9.59 Å². The Morgan fingerprint density at radius 2 is 1.52 bits per heavy atom. The molecule has 0 aliphatic rings. The summed E-state index contributed by atoms with van der Waals surface area (Å²) in [7, 11) is 3.50. The highest BCUT2D eigenvalue weighted by molar-refractivity contribution is 5.94. The van der Waals surface area contributed by atoms with E-state index in [4.69, 9.17) is 0 Å². The Morgan fingerprint density at radius 3 is 2.14 bits per heavy atom. The summed E-state index contributed by atoms with van der Waals surface area (Å²) >= 11 is 0. The molecule has 0 aliphatic heterocycles. The molecule has 2 aromatic carbocycles. The number of carbonyl (C=O) groups is 2. The molecule has 0 aliphatic carbocycles. The van der Waals surface area contributed by atoms with Gasteiger partial charge in [0.05, 0.1) is 0 Å². The van der Waals surface area contributed by atoms with Crippen LogP contribution in [0.15, 0.2) is 42.5 Å². The maximum absolute atomic E-state index is 12.6. The fourth-order valence-corrected chi connectivity index (χ4v) is 3.29. The molecule has 0 heterocycles. The molecule has 2 amide bonds. The first-order valence-corrected chi connectivity index (χ1v) is 10.3. The van der Waals surface area contributed by atoms with Crippen LogP contribution in [0.1, 0.15) is 53.6 Å². The highest BCUT2D eigenvalue weighted by atomic mass is 16.2. The second-order valence-electron chi connectivity index (χ2n) is 7.53. The van der Waals surface area contributed by atoms with Crippen molar-refractivity contribution >= 4 is 23.2 Å². The Morgan fingerprint density at radius 1 is 0.897 bits per heavy atom. The van der Waals surface area contributed by atoms with Crippen molar-refractivity contribution in [3.05, 3.63) is 59.2 Å². The molecule has 5 heteroatoms. The van der Waals surface area contributed by atoms with Gasteiger partial charge in [-0.25, -0.2) is 0 Å². The molecule has 0 aromatic heterocycles. The molecule has 156 valence electrons. The van der Waals surface area contributed by atoms with Gasteiger partial charge in [-0.05, 0) is 62.1 Å². The van der Waals surface area contributed by atoms with E-state index in [2.05, 4.69) is 42.7 Å². The Hall–Kier alpha value is -2.82. The van der Waals surface area contributed by atoms with Crippen LogP contribution in [0.2, 0.25) is 0 Å². The molecule has 0 saturated heterocycles. The zero-order chi connectivity index (χ0) is 21.2. The predicted molar refractivity (Wildman–Crippen MR) is 120 cm³/mol. The fourth-order valence-electron chi connectivity index (χ4n) is 3.29. The molecule has 0 bridgehead atoms. The number of carbonyl (C=O) groups excluding carboxylic acids is 2. The summed E-state index contributed by atoms with van der Waals surface area (Å²) in [5, 5.41) is 6.08. The van der Waals surface area contributed by atoms with Crippen molar-refractivity contribution in [2.45, 2.75) is 46.0 Å². The minimum Gasteiger partial charge on any atom is -0.359 e. The van der Waals surface area contributed by atoms with Crippen LogP contribution in [0.4, 0.5) is 11.4 Å². The number of hydrogen-bond donors (Lipinski definition) is 2. The Kier molecular flexibility index (Phi) is 8.71. The lowest BCUT2D eigenvalue weighted by molar-refractivity contribution is -0.120. The smallest absolute Gasteiger partial charge is 0.253 e. The monoisotopic (exact) mass is 395 g/mol. The summed E-state index contributed by atoms with van der Waals surface area (Å²) in [6.07, 6.45) is 4.45. The van der Waals surface area contributed by atoms with Crippen LogP contribution in [-0.4, -0.2) is 37.4 Å². The van der Waals surface area contributed by atoms with Crippen molar-refractivity contribution in [3.63, 3.8) is 0 Å². The summed E-state index contributed by atoms with van der Waals surface area (Å²) in [6, 6.07) is 13.9. The average molecular weight is 396 g/mol. The number of anilines is 2. The van der Waals surface area contributed by atoms with Gasteiger partial charge in [0.1, 0.15) is 0 Å². The lowest BCUT2D eigenvalue weighted by Gasteiger charge is -2.18. The van der Waals surface area contributed by atoms with Gasteiger partial charge < -0.3 is 15.5 Å². The summed E-state index contributed by atoms with van der Waals surface area (Å²) in [6.45, 7) is 4.89. The van der Waals surface area contributed by atoms with E-state index in [0.29, 0.717) is 12.0 Å². The fraction of sp³-hybridized carbons (Fsp3) is 0.417. The summed E-state index contributed by atoms with van der Waals surface area (Å²) in [5.74, 6) is 0.127. The van der Waals surface area contributed by atoms with Crippen LogP contribution in [0.3, 0.4) is 0 Å². The number of unbranched alkanes of at least 4 members (excludes halogenated alkanes) is 3. The highest BCUT2D eigenvalue weighted by Gasteiger charge is 2.11. The maximum atomic E-state index is 12.6. The molecule has 29 heavy (non-hydrogen) atoms. The topological polar surface area (TPSA) is 61.4 Å². The highest BCUT2D eigenvalue weighted by Crippen LogP contribution is 2.24. The Labute approximate surface area is 174 Å². The molecule has 2 rings (SSSR count). The quantitative estimate of drug-likeness (QED) is 0.567. The normalized spacial score (nSPS) is 10.5. The van der Waals surface area contributed by atoms with Crippen LogP contribution < -0.4 is 10.6 Å². The molecule has 0 fully saturated rings. The van der Waals surface area contributed by atoms with Gasteiger partial charge in [-0.15, -0.1) is 0 Å². The van der Waals surface area contributed by atoms with E-state index in [1.54, 1.807) is 11.9 Å². The minimum atomic E-state index is 0.0361. The number of rotatable bonds is 10. The lowest BCUT2D eigenvalue weighted by atomic mass is 10.1. The van der Waals surface area contributed by atoms with E-state index < -0.39 is 0 Å². The third kappa shape index (κ3) is 6.93. The van der Waals surface area contributed by atoms with Crippen LogP contribution in [0.5, 0.6) is 0 Å². The third-order valence-electron chi connectivity index (χ3n) is 5.16. The average Bonchev–Trinajstić information content (AvgIpc) is 2.72.